The molecule has 2 fully saturated rings. The molecule has 2 atom stereocenters. The topological polar surface area (TPSA) is 62.0 Å². The number of allylic oxidation sites excluding steroid dienone is 2. The number of hydrogen-bond acceptors (Lipinski definition) is 5. The minimum absolute atomic E-state index is 0.134. The third-order valence-electron chi connectivity index (χ3n) is 4.38. The lowest BCUT2D eigenvalue weighted by molar-refractivity contribution is -0.424. The number of rotatable bonds is 2. The van der Waals surface area contributed by atoms with E-state index < -0.39 is 4.92 Å². The first kappa shape index (κ1) is 13.8. The minimum Gasteiger partial charge on any atom is -0.350 e. The van der Waals surface area contributed by atoms with Gasteiger partial charge in [0.25, 0.3) is 0 Å². The van der Waals surface area contributed by atoms with Crippen molar-refractivity contribution in [3.63, 3.8) is 0 Å². The molecule has 0 aromatic carbocycles. The van der Waals surface area contributed by atoms with E-state index in [2.05, 4.69) is 4.99 Å². The Hall–Kier alpha value is -1.79. The van der Waals surface area contributed by atoms with Gasteiger partial charge in [0, 0.05) is 19.3 Å². The molecule has 0 aromatic rings. The van der Waals surface area contributed by atoms with Gasteiger partial charge in [0.15, 0.2) is 5.70 Å². The molecule has 114 valence electrons. The van der Waals surface area contributed by atoms with E-state index in [9.17, 15) is 10.1 Å². The Balaban J connectivity index is 1.87. The average molecular weight is 339 g/mol. The van der Waals surface area contributed by atoms with Crippen molar-refractivity contribution in [1.82, 2.24) is 9.80 Å². The van der Waals surface area contributed by atoms with Crippen molar-refractivity contribution >= 4 is 29.0 Å². The Morgan fingerprint density at radius 3 is 2.68 bits per heavy atom. The predicted octanol–water partition coefficient (Wildman–Crippen LogP) is 2.83. The van der Waals surface area contributed by atoms with E-state index in [4.69, 9.17) is 23.2 Å². The molecule has 4 aliphatic rings. The van der Waals surface area contributed by atoms with E-state index in [0.717, 1.165) is 13.1 Å². The normalized spacial score (nSPS) is 28.6. The fraction of sp³-hybridized carbons (Fsp3) is 0.357. The molecule has 0 amide bonds. The van der Waals surface area contributed by atoms with Crippen molar-refractivity contribution in [2.45, 2.75) is 6.42 Å². The van der Waals surface area contributed by atoms with E-state index >= 15 is 0 Å². The van der Waals surface area contributed by atoms with Gasteiger partial charge in [0.05, 0.1) is 4.92 Å². The van der Waals surface area contributed by atoms with Crippen LogP contribution in [0.25, 0.3) is 0 Å². The maximum absolute atomic E-state index is 11.6. The lowest BCUT2D eigenvalue weighted by Crippen LogP contribution is -2.36. The number of aliphatic imine (C=N–C) groups is 1. The Bertz CT molecular complexity index is 708. The first-order valence-electron chi connectivity index (χ1n) is 6.98. The summed E-state index contributed by atoms with van der Waals surface area (Å²) in [6.07, 6.45) is 8.24. The number of fused-ring (bicyclic) bond motifs is 2. The molecule has 22 heavy (non-hydrogen) atoms. The van der Waals surface area contributed by atoms with E-state index in [1.165, 1.54) is 6.42 Å². The van der Waals surface area contributed by atoms with Crippen molar-refractivity contribution in [3.05, 3.63) is 56.2 Å². The lowest BCUT2D eigenvalue weighted by Gasteiger charge is -2.31. The Morgan fingerprint density at radius 2 is 2.05 bits per heavy atom. The van der Waals surface area contributed by atoms with Crippen LogP contribution in [0.1, 0.15) is 6.42 Å². The molecule has 1 saturated carbocycles. The summed E-state index contributed by atoms with van der Waals surface area (Å²) in [6.45, 7) is 1.61. The molecule has 0 radical (unpaired) electrons. The monoisotopic (exact) mass is 338 g/mol. The zero-order chi connectivity index (χ0) is 15.4. The molecular formula is C14H12Cl2N4O2. The molecule has 0 bridgehead atoms. The van der Waals surface area contributed by atoms with Gasteiger partial charge in [-0.3, -0.25) is 15.0 Å². The van der Waals surface area contributed by atoms with Crippen LogP contribution < -0.4 is 0 Å². The van der Waals surface area contributed by atoms with Crippen LogP contribution in [0.3, 0.4) is 0 Å². The summed E-state index contributed by atoms with van der Waals surface area (Å²) in [5.74, 6) is 2.22. The fourth-order valence-electron chi connectivity index (χ4n) is 3.24. The van der Waals surface area contributed by atoms with Crippen LogP contribution in [0.15, 0.2) is 51.1 Å². The van der Waals surface area contributed by atoms with E-state index in [0.29, 0.717) is 23.5 Å². The van der Waals surface area contributed by atoms with E-state index in [-0.39, 0.29) is 15.9 Å². The van der Waals surface area contributed by atoms with Crippen LogP contribution in [0.4, 0.5) is 0 Å². The predicted molar refractivity (Wildman–Crippen MR) is 83.5 cm³/mol. The van der Waals surface area contributed by atoms with Crippen LogP contribution in [0.5, 0.6) is 0 Å². The smallest absolute Gasteiger partial charge is 0.337 e. The van der Waals surface area contributed by atoms with Crippen molar-refractivity contribution in [1.29, 1.82) is 0 Å². The summed E-state index contributed by atoms with van der Waals surface area (Å²) >= 11 is 11.9. The molecule has 6 nitrogen and oxygen atoms in total. The van der Waals surface area contributed by atoms with Gasteiger partial charge in [-0.2, -0.15) is 0 Å². The van der Waals surface area contributed by atoms with Gasteiger partial charge < -0.3 is 4.90 Å². The fourth-order valence-corrected chi connectivity index (χ4v) is 3.60. The highest BCUT2D eigenvalue weighted by molar-refractivity contribution is 6.56. The number of hydrogen-bond donors (Lipinski definition) is 0. The van der Waals surface area contributed by atoms with Gasteiger partial charge in [-0.25, -0.2) is 4.99 Å². The molecule has 8 heteroatoms. The molecule has 0 aromatic heterocycles. The van der Waals surface area contributed by atoms with E-state index in [1.54, 1.807) is 23.3 Å². The number of piperidine rings is 1. The second-order valence-corrected chi connectivity index (χ2v) is 6.69. The molecule has 4 rings (SSSR count). The maximum atomic E-state index is 11.6. The molecular weight excluding hydrogens is 327 g/mol. The number of nitro groups is 1. The summed E-state index contributed by atoms with van der Waals surface area (Å²) in [7, 11) is 0. The number of nitrogens with zero attached hydrogens (tertiary/aromatic N) is 4. The molecule has 1 aliphatic carbocycles. The van der Waals surface area contributed by atoms with Gasteiger partial charge in [0.1, 0.15) is 10.3 Å². The van der Waals surface area contributed by atoms with Crippen molar-refractivity contribution in [2.24, 2.45) is 16.8 Å². The molecule has 3 aliphatic heterocycles. The SMILES string of the molecule is O=[N+]([O-])C1=C(N2C[C@H]3C[C@H]3C2)N=C2C=CC=CN2C1=C(Cl)Cl. The van der Waals surface area contributed by atoms with Gasteiger partial charge in [-0.1, -0.05) is 29.3 Å². The number of halogens is 2. The first-order valence-corrected chi connectivity index (χ1v) is 7.74. The second-order valence-electron chi connectivity index (χ2n) is 5.74. The molecule has 0 spiro atoms. The van der Waals surface area contributed by atoms with Crippen molar-refractivity contribution in [2.75, 3.05) is 13.1 Å². The zero-order valence-electron chi connectivity index (χ0n) is 11.4. The van der Waals surface area contributed by atoms with Gasteiger partial charge in [0.2, 0.25) is 5.82 Å². The third kappa shape index (κ3) is 2.06. The highest BCUT2D eigenvalue weighted by Gasteiger charge is 2.48. The average Bonchev–Trinajstić information content (AvgIpc) is 3.10. The largest absolute Gasteiger partial charge is 0.350 e. The highest BCUT2D eigenvalue weighted by atomic mass is 35.5. The standard InChI is InChI=1S/C14H12Cl2N4O2/c15-13(16)11-12(20(21)22)14(18-6-8-5-9(8)7-18)17-10-3-1-2-4-19(10)11/h1-4,8-9H,5-7H2/t8-,9+. The van der Waals surface area contributed by atoms with Crippen LogP contribution in [-0.2, 0) is 0 Å². The molecule has 0 unspecified atom stereocenters. The summed E-state index contributed by atoms with van der Waals surface area (Å²) in [5.41, 5.74) is 0.0412. The van der Waals surface area contributed by atoms with Crippen molar-refractivity contribution < 1.29 is 4.92 Å². The summed E-state index contributed by atoms with van der Waals surface area (Å²) in [6, 6.07) is 0. The third-order valence-corrected chi connectivity index (χ3v) is 4.73. The van der Waals surface area contributed by atoms with E-state index in [1.807, 2.05) is 11.0 Å². The van der Waals surface area contributed by atoms with Crippen LogP contribution in [-0.4, -0.2) is 33.6 Å². The Morgan fingerprint density at radius 1 is 1.32 bits per heavy atom. The minimum atomic E-state index is -0.453. The number of amidine groups is 1. The zero-order valence-corrected chi connectivity index (χ0v) is 13.0. The van der Waals surface area contributed by atoms with Crippen LogP contribution >= 0.6 is 23.2 Å². The summed E-state index contributed by atoms with van der Waals surface area (Å²) < 4.78 is -0.138. The molecule has 0 N–H and O–H groups in total. The summed E-state index contributed by atoms with van der Waals surface area (Å²) in [5, 5.41) is 11.6. The Kier molecular flexibility index (Phi) is 3.06. The second kappa shape index (κ2) is 4.86. The Labute approximate surface area is 136 Å². The van der Waals surface area contributed by atoms with Gasteiger partial charge in [-0.15, -0.1) is 0 Å². The maximum Gasteiger partial charge on any atom is 0.337 e. The molecule has 1 saturated heterocycles. The number of likely N-dealkylation sites (tertiary alicyclic amines) is 1. The summed E-state index contributed by atoms with van der Waals surface area (Å²) in [4.78, 5) is 19.2. The van der Waals surface area contributed by atoms with Crippen LogP contribution in [0.2, 0.25) is 0 Å². The first-order chi connectivity index (χ1) is 10.6. The van der Waals surface area contributed by atoms with Crippen molar-refractivity contribution in [3.8, 4) is 0 Å². The van der Waals surface area contributed by atoms with Gasteiger partial charge in [-0.05, 0) is 30.4 Å². The highest BCUT2D eigenvalue weighted by Crippen LogP contribution is 2.47. The molecule has 3 heterocycles. The van der Waals surface area contributed by atoms with Crippen LogP contribution in [0, 0.1) is 22.0 Å². The van der Waals surface area contributed by atoms with Gasteiger partial charge >= 0.3 is 5.70 Å². The quantitative estimate of drug-likeness (QED) is 0.573. The lowest BCUT2D eigenvalue weighted by atomic mass is 10.2.